The Morgan fingerprint density at radius 1 is 0.857 bits per heavy atom. The van der Waals surface area contributed by atoms with Crippen molar-refractivity contribution in [1.82, 2.24) is 9.71 Å². The van der Waals surface area contributed by atoms with Crippen molar-refractivity contribution in [3.05, 3.63) is 66.9 Å². The lowest BCUT2D eigenvalue weighted by Crippen LogP contribution is -2.06. The van der Waals surface area contributed by atoms with E-state index in [2.05, 4.69) is 15.0 Å². The molecule has 0 saturated heterocycles. The Morgan fingerprint density at radius 3 is 2.07 bits per heavy atom. The summed E-state index contributed by atoms with van der Waals surface area (Å²) in [7, 11) is -7.87. The maximum absolute atomic E-state index is 12.8. The molecule has 2 N–H and O–H groups in total. The minimum atomic E-state index is -9.68. The van der Waals surface area contributed by atoms with E-state index in [0.717, 1.165) is 28.2 Å². The highest BCUT2D eigenvalue weighted by Crippen LogP contribution is 3.02. The van der Waals surface area contributed by atoms with Crippen molar-refractivity contribution in [2.24, 2.45) is 0 Å². The van der Waals surface area contributed by atoms with Gasteiger partial charge in [0.15, 0.2) is 0 Å². The van der Waals surface area contributed by atoms with Crippen molar-refractivity contribution in [2.75, 3.05) is 12.4 Å². The number of hydrogen-bond donors (Lipinski definition) is 2. The molecule has 0 radical (unpaired) electrons. The number of anilines is 2. The third kappa shape index (κ3) is 4.94. The molecule has 0 bridgehead atoms. The standard InChI is InChI=1S/C18H16F5N3S2/c1-24-27-15-8-4-13(5-9-15)17-3-2-12-25-18(17)26-14-6-10-16(11-7-14)28(19,20,21,22)23/h2-12,24H,1H3,(H,25,26). The third-order valence-electron chi connectivity index (χ3n) is 3.76. The molecular weight excluding hydrogens is 417 g/mol. The van der Waals surface area contributed by atoms with Crippen LogP contribution in [-0.4, -0.2) is 12.0 Å². The van der Waals surface area contributed by atoms with Gasteiger partial charge in [-0.3, -0.25) is 4.72 Å². The molecule has 28 heavy (non-hydrogen) atoms. The van der Waals surface area contributed by atoms with Gasteiger partial charge in [-0.2, -0.15) is 0 Å². The van der Waals surface area contributed by atoms with Crippen LogP contribution < -0.4 is 10.0 Å². The van der Waals surface area contributed by atoms with Crippen molar-refractivity contribution in [3.8, 4) is 11.1 Å². The molecule has 10 heteroatoms. The molecule has 0 spiro atoms. The molecule has 3 nitrogen and oxygen atoms in total. The van der Waals surface area contributed by atoms with Crippen LogP contribution in [0.3, 0.4) is 0 Å². The Hall–Kier alpha value is -2.30. The van der Waals surface area contributed by atoms with Crippen molar-refractivity contribution >= 4 is 33.7 Å². The number of benzene rings is 2. The largest absolute Gasteiger partial charge is 0.340 e. The molecule has 0 aliphatic carbocycles. The zero-order valence-electron chi connectivity index (χ0n) is 14.5. The van der Waals surface area contributed by atoms with Gasteiger partial charge in [0.1, 0.15) is 10.7 Å². The molecule has 1 aromatic heterocycles. The fourth-order valence-corrected chi connectivity index (χ4v) is 3.65. The van der Waals surface area contributed by atoms with E-state index in [1.54, 1.807) is 12.1 Å². The fourth-order valence-electron chi connectivity index (χ4n) is 2.49. The maximum atomic E-state index is 12.8. The van der Waals surface area contributed by atoms with E-state index in [0.29, 0.717) is 18.0 Å². The number of nitrogens with one attached hydrogen (secondary N) is 2. The number of aromatic nitrogens is 1. The SMILES string of the molecule is CNSc1ccc(-c2cccnc2Nc2ccc(S(F)(F)(F)(F)F)cc2)cc1. The van der Waals surface area contributed by atoms with Gasteiger partial charge in [0.2, 0.25) is 0 Å². The molecule has 0 aliphatic heterocycles. The van der Waals surface area contributed by atoms with Crippen LogP contribution in [0.1, 0.15) is 0 Å². The minimum Gasteiger partial charge on any atom is -0.340 e. The van der Waals surface area contributed by atoms with Crippen LogP contribution in [0, 0.1) is 0 Å². The van der Waals surface area contributed by atoms with Gasteiger partial charge in [0, 0.05) is 22.3 Å². The molecule has 0 unspecified atom stereocenters. The molecule has 3 rings (SSSR count). The number of rotatable bonds is 6. The van der Waals surface area contributed by atoms with E-state index in [4.69, 9.17) is 0 Å². The number of pyridine rings is 1. The van der Waals surface area contributed by atoms with Crippen molar-refractivity contribution < 1.29 is 19.4 Å². The molecule has 1 heterocycles. The summed E-state index contributed by atoms with van der Waals surface area (Å²) >= 11 is 1.46. The smallest absolute Gasteiger partial charge is 0.310 e. The number of hydrogen-bond acceptors (Lipinski definition) is 4. The van der Waals surface area contributed by atoms with Gasteiger partial charge < -0.3 is 5.32 Å². The average Bonchev–Trinajstić information content (AvgIpc) is 2.62. The molecule has 0 aliphatic rings. The second kappa shape index (κ2) is 6.64. The van der Waals surface area contributed by atoms with Gasteiger partial charge in [0.05, 0.1) is 0 Å². The second-order valence-electron chi connectivity index (χ2n) is 5.85. The minimum absolute atomic E-state index is 0.216. The number of halogens is 5. The summed E-state index contributed by atoms with van der Waals surface area (Å²) < 4.78 is 67.2. The first-order valence-corrected chi connectivity index (χ1v) is 10.7. The third-order valence-corrected chi connectivity index (χ3v) is 5.63. The lowest BCUT2D eigenvalue weighted by molar-refractivity contribution is 0.364. The predicted octanol–water partition coefficient (Wildman–Crippen LogP) is 7.38. The maximum Gasteiger partial charge on any atom is 0.310 e. The molecule has 2 aromatic carbocycles. The van der Waals surface area contributed by atoms with Crippen LogP contribution in [0.2, 0.25) is 0 Å². The van der Waals surface area contributed by atoms with E-state index < -0.39 is 15.1 Å². The first kappa shape index (κ1) is 20.4. The summed E-state index contributed by atoms with van der Waals surface area (Å²) in [4.78, 5) is 3.30. The molecule has 3 aromatic rings. The van der Waals surface area contributed by atoms with E-state index >= 15 is 0 Å². The predicted molar refractivity (Wildman–Crippen MR) is 106 cm³/mol. The average molecular weight is 433 g/mol. The number of nitrogens with zero attached hydrogens (tertiary/aromatic N) is 1. The Kier molecular flexibility index (Phi) is 4.85. The summed E-state index contributed by atoms with van der Waals surface area (Å²) in [5.41, 5.74) is 1.79. The van der Waals surface area contributed by atoms with Crippen LogP contribution in [-0.2, 0) is 0 Å². The summed E-state index contributed by atoms with van der Waals surface area (Å²) in [6.07, 6.45) is 1.53. The monoisotopic (exact) mass is 433 g/mol. The first-order chi connectivity index (χ1) is 13.0. The van der Waals surface area contributed by atoms with Crippen LogP contribution in [0.4, 0.5) is 30.9 Å². The zero-order valence-corrected chi connectivity index (χ0v) is 16.1. The molecular formula is C18H16F5N3S2. The zero-order chi connectivity index (χ0) is 20.5. The van der Waals surface area contributed by atoms with E-state index in [-0.39, 0.29) is 5.69 Å². The summed E-state index contributed by atoms with van der Waals surface area (Å²) in [5, 5.41) is 2.89. The van der Waals surface area contributed by atoms with Crippen LogP contribution in [0.25, 0.3) is 11.1 Å². The highest BCUT2D eigenvalue weighted by Gasteiger charge is 2.65. The van der Waals surface area contributed by atoms with E-state index in [1.807, 2.05) is 31.3 Å². The van der Waals surface area contributed by atoms with Gasteiger partial charge in [-0.1, -0.05) is 31.6 Å². The quantitative estimate of drug-likeness (QED) is 0.314. The Balaban J connectivity index is 1.88. The highest BCUT2D eigenvalue weighted by atomic mass is 32.5. The van der Waals surface area contributed by atoms with Crippen LogP contribution >= 0.6 is 22.2 Å². The Morgan fingerprint density at radius 2 is 1.50 bits per heavy atom. The van der Waals surface area contributed by atoms with E-state index in [9.17, 15) is 19.4 Å². The summed E-state index contributed by atoms with van der Waals surface area (Å²) in [6, 6.07) is 13.8. The Bertz CT molecular complexity index is 976. The highest BCUT2D eigenvalue weighted by molar-refractivity contribution is 8.45. The topological polar surface area (TPSA) is 37.0 Å². The molecule has 0 saturated carbocycles. The molecule has 0 atom stereocenters. The molecule has 0 amide bonds. The van der Waals surface area contributed by atoms with Crippen molar-refractivity contribution in [2.45, 2.75) is 9.79 Å². The summed E-state index contributed by atoms with van der Waals surface area (Å²) in [5.74, 6) is 0.400. The van der Waals surface area contributed by atoms with Gasteiger partial charge in [0.25, 0.3) is 0 Å². The van der Waals surface area contributed by atoms with Crippen LogP contribution in [0.15, 0.2) is 76.7 Å². The lowest BCUT2D eigenvalue weighted by Gasteiger charge is -2.40. The molecule has 0 fully saturated rings. The molecule has 150 valence electrons. The summed E-state index contributed by atoms with van der Waals surface area (Å²) in [6.45, 7) is 0. The van der Waals surface area contributed by atoms with E-state index in [1.165, 1.54) is 18.1 Å². The Labute approximate surface area is 163 Å². The van der Waals surface area contributed by atoms with Crippen molar-refractivity contribution in [3.63, 3.8) is 0 Å². The normalized spacial score (nSPS) is 14.2. The van der Waals surface area contributed by atoms with Gasteiger partial charge in [-0.05, 0) is 73.1 Å². The lowest BCUT2D eigenvalue weighted by atomic mass is 10.1. The van der Waals surface area contributed by atoms with Gasteiger partial charge in [-0.15, -0.1) is 0 Å². The van der Waals surface area contributed by atoms with Gasteiger partial charge >= 0.3 is 10.2 Å². The second-order valence-corrected chi connectivity index (χ2v) is 9.34. The van der Waals surface area contributed by atoms with Crippen LogP contribution in [0.5, 0.6) is 0 Å². The van der Waals surface area contributed by atoms with Gasteiger partial charge in [-0.25, -0.2) is 4.98 Å². The fraction of sp³-hybridized carbons (Fsp3) is 0.0556. The first-order valence-electron chi connectivity index (χ1n) is 7.96. The van der Waals surface area contributed by atoms with Crippen molar-refractivity contribution in [1.29, 1.82) is 0 Å².